The fourth-order valence-electron chi connectivity index (χ4n) is 0.985. The Morgan fingerprint density at radius 1 is 1.25 bits per heavy atom. The largest absolute Gasteiger partial charge is 0.285 e. The Kier molecular flexibility index (Phi) is 1.73. The highest BCUT2D eigenvalue weighted by Crippen LogP contribution is 2.53. The number of allylic oxidation sites excluding steroid dienone is 2. The first kappa shape index (κ1) is 7.54. The SMILES string of the molecule is FC1=CC=C(F)[SH]1c1cc[nH]n1. The summed E-state index contributed by atoms with van der Waals surface area (Å²) >= 11 is 0. The quantitative estimate of drug-likeness (QED) is 0.651. The van der Waals surface area contributed by atoms with E-state index in [1.54, 1.807) is 12.3 Å². The van der Waals surface area contributed by atoms with Crippen molar-refractivity contribution in [1.29, 1.82) is 0 Å². The van der Waals surface area contributed by atoms with Gasteiger partial charge in [0.25, 0.3) is 0 Å². The molecule has 1 aromatic heterocycles. The van der Waals surface area contributed by atoms with Crippen LogP contribution in [0.1, 0.15) is 0 Å². The molecule has 12 heavy (non-hydrogen) atoms. The van der Waals surface area contributed by atoms with Crippen LogP contribution in [0, 0.1) is 0 Å². The Morgan fingerprint density at radius 3 is 2.42 bits per heavy atom. The van der Waals surface area contributed by atoms with Crippen molar-refractivity contribution in [3.05, 3.63) is 34.7 Å². The topological polar surface area (TPSA) is 28.7 Å². The summed E-state index contributed by atoms with van der Waals surface area (Å²) in [5.41, 5.74) is 0. The van der Waals surface area contributed by atoms with Crippen LogP contribution in [0.3, 0.4) is 0 Å². The van der Waals surface area contributed by atoms with Gasteiger partial charge in [0.15, 0.2) is 0 Å². The van der Waals surface area contributed by atoms with Gasteiger partial charge in [-0.25, -0.2) is 8.78 Å². The van der Waals surface area contributed by atoms with Gasteiger partial charge in [-0.05, 0) is 18.2 Å². The second-order valence-corrected chi connectivity index (χ2v) is 4.23. The van der Waals surface area contributed by atoms with Crippen LogP contribution < -0.4 is 0 Å². The van der Waals surface area contributed by atoms with Crippen molar-refractivity contribution in [1.82, 2.24) is 10.2 Å². The summed E-state index contributed by atoms with van der Waals surface area (Å²) in [7, 11) is -1.58. The molecule has 5 heteroatoms. The second kappa shape index (κ2) is 2.75. The lowest BCUT2D eigenvalue weighted by atomic mass is 10.6. The number of H-pyrrole nitrogens is 1. The highest BCUT2D eigenvalue weighted by molar-refractivity contribution is 8.23. The molecule has 0 aromatic carbocycles. The first-order valence-electron chi connectivity index (χ1n) is 3.32. The van der Waals surface area contributed by atoms with E-state index in [9.17, 15) is 8.78 Å². The number of nitrogens with one attached hydrogen (secondary N) is 1. The number of thiol groups is 1. The molecule has 2 heterocycles. The molecule has 2 nitrogen and oxygen atoms in total. The smallest absolute Gasteiger partial charge is 0.148 e. The van der Waals surface area contributed by atoms with Crippen molar-refractivity contribution < 1.29 is 8.78 Å². The van der Waals surface area contributed by atoms with E-state index < -0.39 is 21.2 Å². The minimum atomic E-state index is -1.58. The van der Waals surface area contributed by atoms with E-state index in [1.165, 1.54) is 0 Å². The average Bonchev–Trinajstić information content (AvgIpc) is 2.61. The fourth-order valence-corrected chi connectivity index (χ4v) is 2.45. The predicted molar refractivity (Wildman–Crippen MR) is 44.2 cm³/mol. The Labute approximate surface area is 70.3 Å². The minimum absolute atomic E-state index is 0.435. The maximum atomic E-state index is 12.9. The normalized spacial score (nSPS) is 19.3. The molecule has 0 atom stereocenters. The Hall–Kier alpha value is -1.10. The summed E-state index contributed by atoms with van der Waals surface area (Å²) in [6.45, 7) is 0. The lowest BCUT2D eigenvalue weighted by Crippen LogP contribution is -1.81. The lowest BCUT2D eigenvalue weighted by molar-refractivity contribution is 0.686. The molecule has 1 aliphatic heterocycles. The van der Waals surface area contributed by atoms with E-state index in [-0.39, 0.29) is 0 Å². The van der Waals surface area contributed by atoms with E-state index in [0.29, 0.717) is 5.03 Å². The Morgan fingerprint density at radius 2 is 1.92 bits per heavy atom. The van der Waals surface area contributed by atoms with Crippen LogP contribution >= 0.6 is 10.9 Å². The number of aromatic amines is 1. The van der Waals surface area contributed by atoms with Crippen molar-refractivity contribution in [3.63, 3.8) is 0 Å². The molecular formula is C7H6F2N2S. The summed E-state index contributed by atoms with van der Waals surface area (Å²) in [4.78, 5) is 0. The predicted octanol–water partition coefficient (Wildman–Crippen LogP) is 2.41. The molecule has 0 unspecified atom stereocenters. The van der Waals surface area contributed by atoms with E-state index in [1.807, 2.05) is 0 Å². The zero-order chi connectivity index (χ0) is 8.55. The van der Waals surface area contributed by atoms with Crippen molar-refractivity contribution in [2.24, 2.45) is 0 Å². The molecule has 0 amide bonds. The monoisotopic (exact) mass is 188 g/mol. The molecule has 1 aliphatic rings. The number of rotatable bonds is 1. The highest BCUT2D eigenvalue weighted by Gasteiger charge is 2.22. The van der Waals surface area contributed by atoms with Crippen LogP contribution in [0.5, 0.6) is 0 Å². The van der Waals surface area contributed by atoms with Gasteiger partial charge in [-0.15, -0.1) is 10.9 Å². The minimum Gasteiger partial charge on any atom is -0.285 e. The summed E-state index contributed by atoms with van der Waals surface area (Å²) < 4.78 is 25.9. The van der Waals surface area contributed by atoms with E-state index in [4.69, 9.17) is 0 Å². The number of halogens is 2. The third kappa shape index (κ3) is 1.06. The van der Waals surface area contributed by atoms with Crippen LogP contribution in [0.2, 0.25) is 0 Å². The van der Waals surface area contributed by atoms with Gasteiger partial charge in [-0.2, -0.15) is 5.10 Å². The molecule has 0 bridgehead atoms. The second-order valence-electron chi connectivity index (χ2n) is 2.25. The zero-order valence-electron chi connectivity index (χ0n) is 5.96. The third-order valence-electron chi connectivity index (χ3n) is 1.50. The summed E-state index contributed by atoms with van der Waals surface area (Å²) in [5, 5.41) is 5.83. The van der Waals surface area contributed by atoms with Crippen LogP contribution in [-0.4, -0.2) is 10.2 Å². The van der Waals surface area contributed by atoms with Crippen molar-refractivity contribution >= 4 is 10.9 Å². The van der Waals surface area contributed by atoms with Gasteiger partial charge < -0.3 is 0 Å². The number of hydrogen-bond acceptors (Lipinski definition) is 1. The Balaban J connectivity index is 2.36. The van der Waals surface area contributed by atoms with Gasteiger partial charge in [-0.1, -0.05) is 0 Å². The number of aromatic nitrogens is 2. The fraction of sp³-hybridized carbons (Fsp3) is 0. The van der Waals surface area contributed by atoms with Gasteiger partial charge in [0.1, 0.15) is 15.3 Å². The maximum absolute atomic E-state index is 12.9. The van der Waals surface area contributed by atoms with Crippen LogP contribution in [-0.2, 0) is 0 Å². The van der Waals surface area contributed by atoms with E-state index in [2.05, 4.69) is 10.2 Å². The highest BCUT2D eigenvalue weighted by atomic mass is 32.2. The molecule has 0 spiro atoms. The van der Waals surface area contributed by atoms with Crippen molar-refractivity contribution in [2.45, 2.75) is 5.03 Å². The van der Waals surface area contributed by atoms with Gasteiger partial charge in [0, 0.05) is 6.20 Å². The average molecular weight is 188 g/mol. The van der Waals surface area contributed by atoms with Crippen molar-refractivity contribution in [2.75, 3.05) is 0 Å². The summed E-state index contributed by atoms with van der Waals surface area (Å²) in [5.74, 6) is 0. The molecule has 0 saturated heterocycles. The molecule has 2 rings (SSSR count). The van der Waals surface area contributed by atoms with Gasteiger partial charge in [-0.3, -0.25) is 5.10 Å². The van der Waals surface area contributed by atoms with E-state index in [0.717, 1.165) is 12.2 Å². The third-order valence-corrected chi connectivity index (χ3v) is 3.36. The molecule has 0 saturated carbocycles. The molecule has 1 aromatic rings. The van der Waals surface area contributed by atoms with Gasteiger partial charge in [0.2, 0.25) is 0 Å². The maximum Gasteiger partial charge on any atom is 0.148 e. The summed E-state index contributed by atoms with van der Waals surface area (Å²) in [6.07, 6.45) is 3.85. The van der Waals surface area contributed by atoms with Gasteiger partial charge in [0.05, 0.1) is 0 Å². The first-order chi connectivity index (χ1) is 5.79. The molecule has 64 valence electrons. The zero-order valence-corrected chi connectivity index (χ0v) is 6.85. The molecule has 0 aliphatic carbocycles. The molecule has 1 N–H and O–H groups in total. The van der Waals surface area contributed by atoms with Crippen molar-refractivity contribution in [3.8, 4) is 0 Å². The van der Waals surface area contributed by atoms with Crippen LogP contribution in [0.15, 0.2) is 39.8 Å². The number of hydrogen-bond donors (Lipinski definition) is 2. The number of nitrogens with zero attached hydrogens (tertiary/aromatic N) is 1. The molecule has 0 fully saturated rings. The Bertz CT molecular complexity index is 324. The van der Waals surface area contributed by atoms with Crippen LogP contribution in [0.4, 0.5) is 8.78 Å². The molecule has 0 radical (unpaired) electrons. The summed E-state index contributed by atoms with van der Waals surface area (Å²) in [6, 6.07) is 1.58. The first-order valence-corrected chi connectivity index (χ1v) is 4.66. The molecular weight excluding hydrogens is 182 g/mol. The standard InChI is InChI=1S/C7H6F2N2S/c8-5-1-2-6(9)12(5)7-3-4-10-11-7/h1-4,12H,(H,10,11). The lowest BCUT2D eigenvalue weighted by Gasteiger charge is -2.09. The van der Waals surface area contributed by atoms with Gasteiger partial charge >= 0.3 is 0 Å². The van der Waals surface area contributed by atoms with E-state index >= 15 is 0 Å². The van der Waals surface area contributed by atoms with Crippen LogP contribution in [0.25, 0.3) is 0 Å².